The third-order valence-corrected chi connectivity index (χ3v) is 6.11. The summed E-state index contributed by atoms with van der Waals surface area (Å²) in [5.74, 6) is -0.731. The molecule has 0 saturated carbocycles. The number of carbonyl (C=O) groups is 3. The topological polar surface area (TPSA) is 111 Å². The van der Waals surface area contributed by atoms with Crippen LogP contribution in [0.2, 0.25) is 0 Å². The van der Waals surface area contributed by atoms with E-state index in [1.807, 2.05) is 19.1 Å². The van der Waals surface area contributed by atoms with Gasteiger partial charge in [-0.3, -0.25) is 9.59 Å². The van der Waals surface area contributed by atoms with Gasteiger partial charge in [-0.2, -0.15) is 0 Å². The monoisotopic (exact) mass is 499 g/mol. The summed E-state index contributed by atoms with van der Waals surface area (Å²) in [6.07, 6.45) is 1.38. The number of ether oxygens (including phenoxy) is 2. The van der Waals surface area contributed by atoms with Crippen molar-refractivity contribution in [3.05, 3.63) is 65.5 Å². The lowest BCUT2D eigenvalue weighted by Gasteiger charge is -2.27. The average Bonchev–Trinajstić information content (AvgIpc) is 3.37. The number of nitrogens with zero attached hydrogens (tertiary/aromatic N) is 1. The zero-order chi connectivity index (χ0) is 26.1. The van der Waals surface area contributed by atoms with Crippen LogP contribution in [0.15, 0.2) is 48.5 Å². The smallest absolute Gasteiger partial charge is 0.347 e. The molecule has 36 heavy (non-hydrogen) atoms. The summed E-state index contributed by atoms with van der Waals surface area (Å²) in [6.45, 7) is 4.64. The van der Waals surface area contributed by atoms with Crippen molar-refractivity contribution in [1.29, 1.82) is 0 Å². The molecule has 1 fully saturated rings. The zero-order valence-electron chi connectivity index (χ0n) is 20.7. The van der Waals surface area contributed by atoms with Crippen molar-refractivity contribution < 1.29 is 28.2 Å². The largest absolute Gasteiger partial charge is 0.479 e. The van der Waals surface area contributed by atoms with E-state index < -0.39 is 24.2 Å². The first kappa shape index (κ1) is 27.1. The normalized spacial score (nSPS) is 16.8. The van der Waals surface area contributed by atoms with Gasteiger partial charge in [-0.25, -0.2) is 9.18 Å². The molecular formula is C27H34FN3O5. The maximum Gasteiger partial charge on any atom is 0.347 e. The highest BCUT2D eigenvalue weighted by atomic mass is 19.1. The lowest BCUT2D eigenvalue weighted by Crippen LogP contribution is -2.51. The highest BCUT2D eigenvalue weighted by molar-refractivity contribution is 5.90. The van der Waals surface area contributed by atoms with Gasteiger partial charge in [-0.1, -0.05) is 31.2 Å². The van der Waals surface area contributed by atoms with E-state index in [1.54, 1.807) is 36.1 Å². The Bertz CT molecular complexity index is 1030. The van der Waals surface area contributed by atoms with Gasteiger partial charge in [0, 0.05) is 13.1 Å². The number of benzene rings is 2. The predicted octanol–water partition coefficient (Wildman–Crippen LogP) is 2.72. The minimum atomic E-state index is -0.807. The Hall–Kier alpha value is -3.46. The molecule has 8 nitrogen and oxygen atoms in total. The Labute approximate surface area is 210 Å². The Balaban J connectivity index is 1.52. The summed E-state index contributed by atoms with van der Waals surface area (Å²) in [4.78, 5) is 39.3. The quantitative estimate of drug-likeness (QED) is 0.460. The van der Waals surface area contributed by atoms with Crippen molar-refractivity contribution in [3.8, 4) is 5.75 Å². The lowest BCUT2D eigenvalue weighted by atomic mass is 10.0. The number of rotatable bonds is 11. The molecule has 1 aliphatic heterocycles. The average molecular weight is 500 g/mol. The summed E-state index contributed by atoms with van der Waals surface area (Å²) < 4.78 is 23.9. The van der Waals surface area contributed by atoms with Crippen LogP contribution >= 0.6 is 0 Å². The summed E-state index contributed by atoms with van der Waals surface area (Å²) in [7, 11) is 0. The van der Waals surface area contributed by atoms with Crippen LogP contribution in [0.5, 0.6) is 5.75 Å². The maximum absolute atomic E-state index is 13.1. The van der Waals surface area contributed by atoms with E-state index in [9.17, 15) is 18.8 Å². The molecule has 0 radical (unpaired) electrons. The van der Waals surface area contributed by atoms with E-state index >= 15 is 0 Å². The van der Waals surface area contributed by atoms with Crippen LogP contribution in [0.4, 0.5) is 4.39 Å². The van der Waals surface area contributed by atoms with Crippen molar-refractivity contribution in [1.82, 2.24) is 10.2 Å². The second-order valence-electron chi connectivity index (χ2n) is 8.76. The van der Waals surface area contributed by atoms with Crippen LogP contribution in [0, 0.1) is 5.82 Å². The van der Waals surface area contributed by atoms with Crippen LogP contribution in [0.3, 0.4) is 0 Å². The van der Waals surface area contributed by atoms with Gasteiger partial charge < -0.3 is 25.4 Å². The molecule has 0 spiro atoms. The summed E-state index contributed by atoms with van der Waals surface area (Å²) in [5, 5.41) is 2.90. The van der Waals surface area contributed by atoms with E-state index in [0.717, 1.165) is 17.5 Å². The van der Waals surface area contributed by atoms with Gasteiger partial charge in [0.05, 0.1) is 12.6 Å². The Kier molecular flexibility index (Phi) is 9.81. The van der Waals surface area contributed by atoms with E-state index in [1.165, 1.54) is 12.1 Å². The van der Waals surface area contributed by atoms with Gasteiger partial charge in [0.2, 0.25) is 11.8 Å². The summed E-state index contributed by atoms with van der Waals surface area (Å²) in [6, 6.07) is 11.6. The number of nitrogens with one attached hydrogen (secondary N) is 1. The fourth-order valence-electron chi connectivity index (χ4n) is 4.17. The van der Waals surface area contributed by atoms with Gasteiger partial charge >= 0.3 is 5.97 Å². The zero-order valence-corrected chi connectivity index (χ0v) is 20.7. The summed E-state index contributed by atoms with van der Waals surface area (Å²) in [5.41, 5.74) is 7.74. The Morgan fingerprint density at radius 2 is 1.75 bits per heavy atom. The SMILES string of the molecule is CCOC(=O)C(CC)Oc1ccc(CNC(=O)[C@@H]2CCCN2C(=O)[C@@H](N)Cc2ccc(F)cc2)cc1. The number of hydrogen-bond donors (Lipinski definition) is 2. The Morgan fingerprint density at radius 3 is 2.39 bits per heavy atom. The van der Waals surface area contributed by atoms with E-state index in [-0.39, 0.29) is 30.6 Å². The molecule has 3 atom stereocenters. The fourth-order valence-corrected chi connectivity index (χ4v) is 4.17. The first-order valence-electron chi connectivity index (χ1n) is 12.3. The minimum Gasteiger partial charge on any atom is -0.479 e. The van der Waals surface area contributed by atoms with Crippen LogP contribution in [-0.2, 0) is 32.1 Å². The third kappa shape index (κ3) is 7.27. The molecule has 0 aromatic heterocycles. The maximum atomic E-state index is 13.1. The second-order valence-corrected chi connectivity index (χ2v) is 8.76. The van der Waals surface area contributed by atoms with Crippen molar-refractivity contribution in [2.75, 3.05) is 13.2 Å². The molecule has 1 aliphatic rings. The molecule has 1 unspecified atom stereocenters. The number of carbonyl (C=O) groups excluding carboxylic acids is 3. The first-order chi connectivity index (χ1) is 17.3. The van der Waals surface area contributed by atoms with Crippen LogP contribution in [0.25, 0.3) is 0 Å². The van der Waals surface area contributed by atoms with Gasteiger partial charge in [-0.15, -0.1) is 0 Å². The molecule has 1 saturated heterocycles. The molecular weight excluding hydrogens is 465 g/mol. The molecule has 3 rings (SSSR count). The molecule has 2 aromatic rings. The highest BCUT2D eigenvalue weighted by Crippen LogP contribution is 2.20. The molecule has 9 heteroatoms. The van der Waals surface area contributed by atoms with Gasteiger partial charge in [0.25, 0.3) is 0 Å². The van der Waals surface area contributed by atoms with Crippen LogP contribution in [-0.4, -0.2) is 54.0 Å². The second kappa shape index (κ2) is 13.0. The van der Waals surface area contributed by atoms with E-state index in [2.05, 4.69) is 5.32 Å². The molecule has 0 aliphatic carbocycles. The molecule has 2 aromatic carbocycles. The molecule has 3 N–H and O–H groups in total. The molecule has 0 bridgehead atoms. The van der Waals surface area contributed by atoms with E-state index in [0.29, 0.717) is 31.7 Å². The van der Waals surface area contributed by atoms with Gasteiger partial charge in [-0.05, 0) is 68.0 Å². The lowest BCUT2D eigenvalue weighted by molar-refractivity contribution is -0.151. The van der Waals surface area contributed by atoms with Gasteiger partial charge in [0.15, 0.2) is 6.10 Å². The number of nitrogens with two attached hydrogens (primary N) is 1. The molecule has 194 valence electrons. The van der Waals surface area contributed by atoms with E-state index in [4.69, 9.17) is 15.2 Å². The number of halogens is 1. The molecule has 2 amide bonds. The standard InChI is InChI=1S/C27H34FN3O5/c1-3-24(27(34)35-4-2)36-21-13-9-19(10-14-21)17-30-25(32)23-6-5-15-31(23)26(33)22(29)16-18-7-11-20(28)12-8-18/h7-14,22-24H,3-6,15-17,29H2,1-2H3,(H,30,32)/t22-,23-,24?/m0/s1. The van der Waals surface area contributed by atoms with Crippen molar-refractivity contribution in [3.63, 3.8) is 0 Å². The third-order valence-electron chi connectivity index (χ3n) is 6.11. The van der Waals surface area contributed by atoms with Crippen molar-refractivity contribution in [2.45, 2.75) is 64.3 Å². The van der Waals surface area contributed by atoms with Crippen LogP contribution in [0.1, 0.15) is 44.2 Å². The first-order valence-corrected chi connectivity index (χ1v) is 12.3. The van der Waals surface area contributed by atoms with Crippen LogP contribution < -0.4 is 15.8 Å². The number of esters is 1. The Morgan fingerprint density at radius 1 is 1.08 bits per heavy atom. The van der Waals surface area contributed by atoms with Crippen molar-refractivity contribution >= 4 is 17.8 Å². The van der Waals surface area contributed by atoms with Crippen molar-refractivity contribution in [2.24, 2.45) is 5.73 Å². The van der Waals surface area contributed by atoms with Gasteiger partial charge in [0.1, 0.15) is 17.6 Å². The number of hydrogen-bond acceptors (Lipinski definition) is 6. The fraction of sp³-hybridized carbons (Fsp3) is 0.444. The number of amides is 2. The predicted molar refractivity (Wildman–Crippen MR) is 132 cm³/mol. The minimum absolute atomic E-state index is 0.233. The summed E-state index contributed by atoms with van der Waals surface area (Å²) >= 11 is 0. The molecule has 1 heterocycles. The highest BCUT2D eigenvalue weighted by Gasteiger charge is 2.36. The number of likely N-dealkylation sites (tertiary alicyclic amines) is 1.